The lowest BCUT2D eigenvalue weighted by atomic mass is 9.91. The first kappa shape index (κ1) is 26.5. The molecule has 0 aliphatic carbocycles. The van der Waals surface area contributed by atoms with Crippen LogP contribution >= 0.6 is 11.6 Å². The Kier molecular flexibility index (Phi) is 8.05. The molecular formula is C26H28ClF3N4O. The third-order valence-corrected chi connectivity index (χ3v) is 5.71. The van der Waals surface area contributed by atoms with Crippen molar-refractivity contribution in [2.75, 3.05) is 18.9 Å². The van der Waals surface area contributed by atoms with Gasteiger partial charge >= 0.3 is 6.18 Å². The number of alkyl halides is 3. The number of amides is 1. The number of carbonyl (C=O) groups excluding carboxylic acids is 1. The minimum Gasteiger partial charge on any atom is -0.372 e. The van der Waals surface area contributed by atoms with E-state index in [9.17, 15) is 18.0 Å². The average Bonchev–Trinajstić information content (AvgIpc) is 2.80. The number of nitrogens with one attached hydrogen (secondary N) is 1. The Labute approximate surface area is 208 Å². The summed E-state index contributed by atoms with van der Waals surface area (Å²) in [5, 5.41) is 3.20. The van der Waals surface area contributed by atoms with Crippen molar-refractivity contribution in [3.63, 3.8) is 0 Å². The number of rotatable bonds is 7. The lowest BCUT2D eigenvalue weighted by Gasteiger charge is -2.25. The fraction of sp³-hybridized carbons (Fsp3) is 0.346. The molecule has 0 fully saturated rings. The molecule has 0 spiro atoms. The molecule has 0 aliphatic heterocycles. The van der Waals surface area contributed by atoms with Crippen LogP contribution in [0.25, 0.3) is 0 Å². The minimum atomic E-state index is -4.43. The fourth-order valence-electron chi connectivity index (χ4n) is 3.57. The van der Waals surface area contributed by atoms with Crippen LogP contribution in [0, 0.1) is 0 Å². The summed E-state index contributed by atoms with van der Waals surface area (Å²) >= 11 is 6.10. The number of hydrogen-bond acceptors (Lipinski definition) is 4. The van der Waals surface area contributed by atoms with Crippen molar-refractivity contribution in [1.82, 2.24) is 14.9 Å². The molecule has 3 aromatic rings. The van der Waals surface area contributed by atoms with E-state index < -0.39 is 11.7 Å². The van der Waals surface area contributed by atoms with Crippen LogP contribution in [0.1, 0.15) is 53.5 Å². The molecule has 1 aromatic carbocycles. The molecule has 0 aliphatic rings. The quantitative estimate of drug-likeness (QED) is 0.406. The third kappa shape index (κ3) is 6.94. The monoisotopic (exact) mass is 504 g/mol. The molecule has 0 bridgehead atoms. The molecule has 3 rings (SSSR count). The molecule has 2 heterocycles. The van der Waals surface area contributed by atoms with Crippen molar-refractivity contribution < 1.29 is 18.0 Å². The normalized spacial score (nSPS) is 11.9. The van der Waals surface area contributed by atoms with E-state index in [-0.39, 0.29) is 36.4 Å². The van der Waals surface area contributed by atoms with Crippen LogP contribution < -0.4 is 5.32 Å². The molecule has 1 amide bonds. The van der Waals surface area contributed by atoms with Crippen molar-refractivity contribution in [2.24, 2.45) is 0 Å². The van der Waals surface area contributed by atoms with Crippen LogP contribution in [-0.2, 0) is 24.6 Å². The number of anilines is 1. The topological polar surface area (TPSA) is 58.1 Å². The highest BCUT2D eigenvalue weighted by Gasteiger charge is 2.30. The Morgan fingerprint density at radius 3 is 2.37 bits per heavy atom. The van der Waals surface area contributed by atoms with E-state index in [1.807, 2.05) is 12.1 Å². The number of nitrogens with zero attached hydrogens (tertiary/aromatic N) is 3. The van der Waals surface area contributed by atoms with Crippen molar-refractivity contribution in [1.29, 1.82) is 0 Å². The van der Waals surface area contributed by atoms with Crippen LogP contribution in [0.2, 0.25) is 5.02 Å². The van der Waals surface area contributed by atoms with E-state index in [1.165, 1.54) is 18.3 Å². The molecule has 0 atom stereocenters. The van der Waals surface area contributed by atoms with Gasteiger partial charge in [0.1, 0.15) is 5.82 Å². The smallest absolute Gasteiger partial charge is 0.372 e. The predicted molar refractivity (Wildman–Crippen MR) is 132 cm³/mol. The summed E-state index contributed by atoms with van der Waals surface area (Å²) < 4.78 is 39.4. The van der Waals surface area contributed by atoms with Gasteiger partial charge in [0.05, 0.1) is 16.1 Å². The van der Waals surface area contributed by atoms with Gasteiger partial charge in [0.2, 0.25) is 0 Å². The molecule has 9 heteroatoms. The first-order valence-electron chi connectivity index (χ1n) is 11.1. The highest BCUT2D eigenvalue weighted by Crippen LogP contribution is 2.30. The number of hydrogen-bond donors (Lipinski definition) is 1. The van der Waals surface area contributed by atoms with Crippen molar-refractivity contribution in [3.05, 3.63) is 87.8 Å². The SMILES string of the molecule is CNc1ncc(Cl)cc1C(=O)N(CCc1cccc(C(F)(F)F)c1)Cc1ccc(C(C)(C)C)nc1. The van der Waals surface area contributed by atoms with Gasteiger partial charge in [-0.3, -0.25) is 9.78 Å². The largest absolute Gasteiger partial charge is 0.416 e. The molecule has 0 saturated carbocycles. The molecule has 2 aromatic heterocycles. The zero-order valence-electron chi connectivity index (χ0n) is 20.1. The predicted octanol–water partition coefficient (Wildman–Crippen LogP) is 6.37. The van der Waals surface area contributed by atoms with Gasteiger partial charge in [-0.25, -0.2) is 4.98 Å². The van der Waals surface area contributed by atoms with Gasteiger partial charge in [0.15, 0.2) is 0 Å². The Bertz CT molecular complexity index is 1170. The zero-order valence-corrected chi connectivity index (χ0v) is 20.8. The number of aromatic nitrogens is 2. The average molecular weight is 505 g/mol. The van der Waals surface area contributed by atoms with Crippen LogP contribution in [0.15, 0.2) is 54.9 Å². The molecule has 5 nitrogen and oxygen atoms in total. The van der Waals surface area contributed by atoms with Crippen molar-refractivity contribution in [2.45, 2.75) is 45.3 Å². The number of pyridine rings is 2. The molecule has 1 N–H and O–H groups in total. The molecule has 186 valence electrons. The van der Waals surface area contributed by atoms with E-state index in [0.717, 1.165) is 23.4 Å². The Balaban J connectivity index is 1.90. The van der Waals surface area contributed by atoms with E-state index in [4.69, 9.17) is 11.6 Å². The lowest BCUT2D eigenvalue weighted by molar-refractivity contribution is -0.137. The van der Waals surface area contributed by atoms with E-state index in [0.29, 0.717) is 16.4 Å². The van der Waals surface area contributed by atoms with Crippen LogP contribution in [-0.4, -0.2) is 34.4 Å². The molecular weight excluding hydrogens is 477 g/mol. The Morgan fingerprint density at radius 2 is 1.77 bits per heavy atom. The molecule has 0 saturated heterocycles. The van der Waals surface area contributed by atoms with Gasteiger partial charge in [-0.2, -0.15) is 13.2 Å². The summed E-state index contributed by atoms with van der Waals surface area (Å²) in [5.74, 6) is 0.0286. The summed E-state index contributed by atoms with van der Waals surface area (Å²) in [6, 6.07) is 10.5. The second kappa shape index (κ2) is 10.6. The summed E-state index contributed by atoms with van der Waals surface area (Å²) in [4.78, 5) is 23.8. The van der Waals surface area contributed by atoms with Crippen molar-refractivity contribution >= 4 is 23.3 Å². The Morgan fingerprint density at radius 1 is 1.03 bits per heavy atom. The maximum Gasteiger partial charge on any atom is 0.416 e. The first-order chi connectivity index (χ1) is 16.4. The van der Waals surface area contributed by atoms with Crippen molar-refractivity contribution in [3.8, 4) is 0 Å². The number of halogens is 4. The maximum atomic E-state index is 13.5. The van der Waals surface area contributed by atoms with Gasteiger partial charge in [-0.1, -0.05) is 56.6 Å². The van der Waals surface area contributed by atoms with Crippen LogP contribution in [0.5, 0.6) is 0 Å². The molecule has 0 unspecified atom stereocenters. The van der Waals surface area contributed by atoms with Gasteiger partial charge in [0.25, 0.3) is 5.91 Å². The first-order valence-corrected chi connectivity index (χ1v) is 11.5. The third-order valence-electron chi connectivity index (χ3n) is 5.50. The van der Waals surface area contributed by atoms with Crippen LogP contribution in [0.4, 0.5) is 19.0 Å². The summed E-state index contributed by atoms with van der Waals surface area (Å²) in [7, 11) is 1.65. The maximum absolute atomic E-state index is 13.5. The molecule has 35 heavy (non-hydrogen) atoms. The number of carbonyl (C=O) groups is 1. The second-order valence-electron chi connectivity index (χ2n) is 9.28. The standard InChI is InChI=1S/C26H28ClF3N4O/c1-25(2,3)22-9-8-18(14-32-22)16-34(24(35)21-13-20(27)15-33-23(21)31-4)11-10-17-6-5-7-19(12-17)26(28,29)30/h5-9,12-15H,10-11,16H2,1-4H3,(H,31,33). The Hall–Kier alpha value is -3.13. The van der Waals surface area contributed by atoms with Gasteiger partial charge in [0, 0.05) is 43.6 Å². The van der Waals surface area contributed by atoms with E-state index in [1.54, 1.807) is 24.2 Å². The summed E-state index contributed by atoms with van der Waals surface area (Å²) in [6.07, 6.45) is -1.03. The minimum absolute atomic E-state index is 0.119. The zero-order chi connectivity index (χ0) is 25.8. The van der Waals surface area contributed by atoms with Crippen LogP contribution in [0.3, 0.4) is 0 Å². The summed E-state index contributed by atoms with van der Waals surface area (Å²) in [6.45, 7) is 6.60. The van der Waals surface area contributed by atoms with E-state index in [2.05, 4.69) is 36.1 Å². The summed E-state index contributed by atoms with van der Waals surface area (Å²) in [5.41, 5.74) is 1.65. The van der Waals surface area contributed by atoms with Gasteiger partial charge < -0.3 is 10.2 Å². The lowest BCUT2D eigenvalue weighted by Crippen LogP contribution is -2.33. The number of benzene rings is 1. The van der Waals surface area contributed by atoms with E-state index >= 15 is 0 Å². The second-order valence-corrected chi connectivity index (χ2v) is 9.71. The fourth-order valence-corrected chi connectivity index (χ4v) is 3.73. The highest BCUT2D eigenvalue weighted by molar-refractivity contribution is 6.31. The molecule has 0 radical (unpaired) electrons. The highest BCUT2D eigenvalue weighted by atomic mass is 35.5. The van der Waals surface area contributed by atoms with Gasteiger partial charge in [-0.05, 0) is 35.7 Å². The van der Waals surface area contributed by atoms with Gasteiger partial charge in [-0.15, -0.1) is 0 Å².